The molecule has 2 saturated heterocycles. The molecule has 0 amide bonds. The van der Waals surface area contributed by atoms with Crippen molar-refractivity contribution in [3.63, 3.8) is 0 Å². The SMILES string of the molecule is CCCS(=O)(=O)N1CCC2(CC(Nc3ccc(C)nn3)CO2)C1. The first-order chi connectivity index (χ1) is 10.9. The Hall–Kier alpha value is -1.25. The normalized spacial score (nSPS) is 28.5. The lowest BCUT2D eigenvalue weighted by Gasteiger charge is -2.23. The lowest BCUT2D eigenvalue weighted by atomic mass is 9.97. The van der Waals surface area contributed by atoms with Gasteiger partial charge >= 0.3 is 0 Å². The summed E-state index contributed by atoms with van der Waals surface area (Å²) in [5.41, 5.74) is 0.526. The number of nitrogens with one attached hydrogen (secondary N) is 1. The number of hydrogen-bond donors (Lipinski definition) is 1. The van der Waals surface area contributed by atoms with Crippen LogP contribution in [0.5, 0.6) is 0 Å². The molecule has 0 aliphatic carbocycles. The van der Waals surface area contributed by atoms with Gasteiger partial charge in [-0.3, -0.25) is 0 Å². The average molecular weight is 340 g/mol. The predicted octanol–water partition coefficient (Wildman–Crippen LogP) is 1.17. The van der Waals surface area contributed by atoms with Crippen LogP contribution in [0, 0.1) is 6.92 Å². The molecule has 2 aliphatic rings. The molecule has 1 aromatic rings. The Morgan fingerprint density at radius 2 is 2.26 bits per heavy atom. The molecule has 2 atom stereocenters. The molecule has 2 fully saturated rings. The van der Waals surface area contributed by atoms with Crippen molar-refractivity contribution in [2.24, 2.45) is 0 Å². The van der Waals surface area contributed by atoms with E-state index < -0.39 is 10.0 Å². The fourth-order valence-corrected chi connectivity index (χ4v) is 4.91. The lowest BCUT2D eigenvalue weighted by Crippen LogP contribution is -2.37. The zero-order chi connectivity index (χ0) is 16.5. The van der Waals surface area contributed by atoms with Crippen molar-refractivity contribution in [3.8, 4) is 0 Å². The van der Waals surface area contributed by atoms with Gasteiger partial charge in [0.2, 0.25) is 10.0 Å². The van der Waals surface area contributed by atoms with Crippen LogP contribution in [0.1, 0.15) is 31.9 Å². The van der Waals surface area contributed by atoms with Crippen molar-refractivity contribution in [2.45, 2.75) is 44.8 Å². The number of hydrogen-bond acceptors (Lipinski definition) is 6. The maximum atomic E-state index is 12.2. The quantitative estimate of drug-likeness (QED) is 0.866. The summed E-state index contributed by atoms with van der Waals surface area (Å²) >= 11 is 0. The first kappa shape index (κ1) is 16.6. The highest BCUT2D eigenvalue weighted by Gasteiger charge is 2.48. The maximum Gasteiger partial charge on any atom is 0.214 e. The van der Waals surface area contributed by atoms with Gasteiger partial charge in [0.1, 0.15) is 5.82 Å². The molecular formula is C15H24N4O3S. The molecule has 0 aromatic carbocycles. The van der Waals surface area contributed by atoms with Gasteiger partial charge < -0.3 is 10.1 Å². The zero-order valence-corrected chi connectivity index (χ0v) is 14.5. The number of anilines is 1. The van der Waals surface area contributed by atoms with Crippen LogP contribution in [-0.4, -0.2) is 60.0 Å². The maximum absolute atomic E-state index is 12.2. The van der Waals surface area contributed by atoms with Crippen molar-refractivity contribution in [2.75, 3.05) is 30.8 Å². The van der Waals surface area contributed by atoms with Gasteiger partial charge in [-0.25, -0.2) is 8.42 Å². The first-order valence-corrected chi connectivity index (χ1v) is 9.72. The number of nitrogens with zero attached hydrogens (tertiary/aromatic N) is 3. The Bertz CT molecular complexity index is 649. The van der Waals surface area contributed by atoms with E-state index >= 15 is 0 Å². The van der Waals surface area contributed by atoms with Crippen LogP contribution >= 0.6 is 0 Å². The number of aryl methyl sites for hydroxylation is 1. The van der Waals surface area contributed by atoms with Gasteiger partial charge in [0.05, 0.1) is 29.7 Å². The molecule has 1 spiro atoms. The molecule has 8 heteroatoms. The Kier molecular flexibility index (Phi) is 4.57. The van der Waals surface area contributed by atoms with Gasteiger partial charge in [-0.15, -0.1) is 5.10 Å². The third-order valence-electron chi connectivity index (χ3n) is 4.50. The van der Waals surface area contributed by atoms with Crippen LogP contribution in [0.4, 0.5) is 5.82 Å². The minimum absolute atomic E-state index is 0.140. The summed E-state index contributed by atoms with van der Waals surface area (Å²) in [6.45, 7) is 5.37. The molecule has 3 rings (SSSR count). The molecule has 2 aliphatic heterocycles. The van der Waals surface area contributed by atoms with Gasteiger partial charge in [0.15, 0.2) is 0 Å². The van der Waals surface area contributed by atoms with Crippen molar-refractivity contribution >= 4 is 15.8 Å². The van der Waals surface area contributed by atoms with Crippen LogP contribution in [0.2, 0.25) is 0 Å². The van der Waals surface area contributed by atoms with Crippen LogP contribution in [-0.2, 0) is 14.8 Å². The van der Waals surface area contributed by atoms with Crippen LogP contribution in [0.25, 0.3) is 0 Å². The second kappa shape index (κ2) is 6.33. The lowest BCUT2D eigenvalue weighted by molar-refractivity contribution is 0.0173. The molecule has 7 nitrogen and oxygen atoms in total. The monoisotopic (exact) mass is 340 g/mol. The summed E-state index contributed by atoms with van der Waals surface area (Å²) < 4.78 is 32.0. The Balaban J connectivity index is 1.60. The van der Waals surface area contributed by atoms with Crippen molar-refractivity contribution in [1.82, 2.24) is 14.5 Å². The van der Waals surface area contributed by atoms with Gasteiger partial charge in [0.25, 0.3) is 0 Å². The molecule has 1 N–H and O–H groups in total. The summed E-state index contributed by atoms with van der Waals surface area (Å²) in [4.78, 5) is 0. The molecule has 0 saturated carbocycles. The number of aromatic nitrogens is 2. The highest BCUT2D eigenvalue weighted by atomic mass is 32.2. The van der Waals surface area contributed by atoms with Gasteiger partial charge in [0, 0.05) is 19.5 Å². The van der Waals surface area contributed by atoms with Crippen LogP contribution in [0.15, 0.2) is 12.1 Å². The van der Waals surface area contributed by atoms with E-state index in [0.717, 1.165) is 24.4 Å². The summed E-state index contributed by atoms with van der Waals surface area (Å²) in [5.74, 6) is 0.943. The fourth-order valence-electron chi connectivity index (χ4n) is 3.34. The van der Waals surface area contributed by atoms with E-state index in [1.807, 2.05) is 26.0 Å². The highest BCUT2D eigenvalue weighted by molar-refractivity contribution is 7.89. The second-order valence-electron chi connectivity index (χ2n) is 6.50. The minimum atomic E-state index is -3.14. The second-order valence-corrected chi connectivity index (χ2v) is 8.59. The van der Waals surface area contributed by atoms with E-state index in [2.05, 4.69) is 15.5 Å². The Labute approximate surface area is 137 Å². The minimum Gasteiger partial charge on any atom is -0.371 e. The van der Waals surface area contributed by atoms with Crippen molar-refractivity contribution in [1.29, 1.82) is 0 Å². The van der Waals surface area contributed by atoms with E-state index in [-0.39, 0.29) is 17.4 Å². The van der Waals surface area contributed by atoms with Crippen molar-refractivity contribution < 1.29 is 13.2 Å². The molecule has 3 heterocycles. The summed E-state index contributed by atoms with van der Waals surface area (Å²) in [7, 11) is -3.14. The standard InChI is InChI=1S/C15H24N4O3S/c1-3-8-23(20,21)19-7-6-15(11-19)9-13(10-22-15)16-14-5-4-12(2)17-18-14/h4-5,13H,3,6-11H2,1-2H3,(H,16,18). The van der Waals surface area contributed by atoms with Crippen molar-refractivity contribution in [3.05, 3.63) is 17.8 Å². The van der Waals surface area contributed by atoms with E-state index in [1.165, 1.54) is 0 Å². The zero-order valence-electron chi connectivity index (χ0n) is 13.7. The fraction of sp³-hybridized carbons (Fsp3) is 0.733. The molecule has 23 heavy (non-hydrogen) atoms. The molecular weight excluding hydrogens is 316 g/mol. The number of sulfonamides is 1. The Morgan fingerprint density at radius 3 is 2.96 bits per heavy atom. The van der Waals surface area contributed by atoms with Gasteiger partial charge in [-0.2, -0.15) is 9.40 Å². The molecule has 0 radical (unpaired) electrons. The Morgan fingerprint density at radius 1 is 1.43 bits per heavy atom. The van der Waals surface area contributed by atoms with Gasteiger partial charge in [-0.05, 0) is 31.9 Å². The number of ether oxygens (including phenoxy) is 1. The smallest absolute Gasteiger partial charge is 0.214 e. The topological polar surface area (TPSA) is 84.4 Å². The highest BCUT2D eigenvalue weighted by Crippen LogP contribution is 2.37. The molecule has 128 valence electrons. The van der Waals surface area contributed by atoms with E-state index in [4.69, 9.17) is 4.74 Å². The van der Waals surface area contributed by atoms with E-state index in [9.17, 15) is 8.42 Å². The summed E-state index contributed by atoms with van der Waals surface area (Å²) in [6, 6.07) is 3.95. The summed E-state index contributed by atoms with van der Waals surface area (Å²) in [5, 5.41) is 11.5. The molecule has 2 unspecified atom stereocenters. The third kappa shape index (κ3) is 3.64. The van der Waals surface area contributed by atoms with Gasteiger partial charge in [-0.1, -0.05) is 6.92 Å². The van der Waals surface area contributed by atoms with Crippen LogP contribution in [0.3, 0.4) is 0 Å². The molecule has 0 bridgehead atoms. The van der Waals surface area contributed by atoms with E-state index in [0.29, 0.717) is 26.1 Å². The molecule has 1 aromatic heterocycles. The largest absolute Gasteiger partial charge is 0.371 e. The average Bonchev–Trinajstić information content (AvgIpc) is 3.10. The van der Waals surface area contributed by atoms with Crippen LogP contribution < -0.4 is 5.32 Å². The summed E-state index contributed by atoms with van der Waals surface area (Å²) in [6.07, 6.45) is 2.19. The number of rotatable bonds is 5. The first-order valence-electron chi connectivity index (χ1n) is 8.11. The van der Waals surface area contributed by atoms with E-state index in [1.54, 1.807) is 4.31 Å². The third-order valence-corrected chi connectivity index (χ3v) is 6.52. The predicted molar refractivity (Wildman–Crippen MR) is 87.7 cm³/mol.